The molecule has 0 unspecified atom stereocenters. The third-order valence-electron chi connectivity index (χ3n) is 14.0. The second-order valence-electron chi connectivity index (χ2n) is 19.3. The summed E-state index contributed by atoms with van der Waals surface area (Å²) in [6.45, 7) is 11.6. The molecular weight excluding hydrogens is 974 g/mol. The summed E-state index contributed by atoms with van der Waals surface area (Å²) in [5, 5.41) is 12.2. The zero-order valence-electron chi connectivity index (χ0n) is 37.8. The molecule has 0 bridgehead atoms. The molecular formula is C60H54N3OPt-. The Balaban J connectivity index is 0.00000533. The number of aromatic hydroxyl groups is 1. The Morgan fingerprint density at radius 1 is 0.554 bits per heavy atom. The quantitative estimate of drug-likeness (QED) is 0.154. The van der Waals surface area contributed by atoms with E-state index >= 15 is 0 Å². The van der Waals surface area contributed by atoms with E-state index in [0.29, 0.717) is 11.4 Å². The van der Waals surface area contributed by atoms with E-state index in [2.05, 4.69) is 167 Å². The number of phenols is 1. The number of fused-ring (bicyclic) bond motifs is 1. The standard InChI is InChI=1S/C60H54N3O.Pt/c1-58(2,3)48-38-44(37-45(39-48)53-40-43(31-36-61-53)41-17-9-6-10-18-41)50-23-16-26-54-55(50)62-57(52-25-15-24-51(56(52)64)42-19-11-7-12-20-42)63(54)49-29-27-47(28-30-49)60(5)34-32-59(4,33-35-60)46-21-13-8-14-22-46;/h6-31,36,38-40,64H,32-35H2,1-5H3;/q-1;. The van der Waals surface area contributed by atoms with Crippen molar-refractivity contribution in [3.63, 3.8) is 0 Å². The van der Waals surface area contributed by atoms with Crippen molar-refractivity contribution in [2.24, 2.45) is 0 Å². The first-order valence-electron chi connectivity index (χ1n) is 22.6. The first kappa shape index (κ1) is 43.9. The molecule has 5 heteroatoms. The number of rotatable bonds is 8. The molecule has 1 fully saturated rings. The van der Waals surface area contributed by atoms with E-state index in [9.17, 15) is 5.11 Å². The smallest absolute Gasteiger partial charge is 0.148 e. The maximum absolute atomic E-state index is 12.2. The number of nitrogens with zero attached hydrogens (tertiary/aromatic N) is 3. The Kier molecular flexibility index (Phi) is 11.9. The van der Waals surface area contributed by atoms with Crippen molar-refractivity contribution >= 4 is 11.0 Å². The fourth-order valence-electron chi connectivity index (χ4n) is 9.79. The summed E-state index contributed by atoms with van der Waals surface area (Å²) in [5.74, 6) is 0.880. The Morgan fingerprint density at radius 3 is 1.75 bits per heavy atom. The fourth-order valence-corrected chi connectivity index (χ4v) is 9.79. The van der Waals surface area contributed by atoms with Crippen molar-refractivity contribution in [1.82, 2.24) is 14.5 Å². The van der Waals surface area contributed by atoms with E-state index in [4.69, 9.17) is 9.97 Å². The van der Waals surface area contributed by atoms with E-state index in [1.807, 2.05) is 60.8 Å². The van der Waals surface area contributed by atoms with Crippen LogP contribution in [0.4, 0.5) is 0 Å². The van der Waals surface area contributed by atoms with Crippen molar-refractivity contribution in [3.05, 3.63) is 205 Å². The van der Waals surface area contributed by atoms with Gasteiger partial charge in [-0.25, -0.2) is 4.98 Å². The molecule has 0 radical (unpaired) electrons. The van der Waals surface area contributed by atoms with E-state index in [-0.39, 0.29) is 43.1 Å². The van der Waals surface area contributed by atoms with Gasteiger partial charge in [-0.05, 0) is 100 Å². The van der Waals surface area contributed by atoms with Crippen LogP contribution in [0.25, 0.3) is 72.7 Å². The number of para-hydroxylation sites is 2. The summed E-state index contributed by atoms with van der Waals surface area (Å²) >= 11 is 0. The molecule has 0 atom stereocenters. The number of hydrogen-bond donors (Lipinski definition) is 1. The molecule has 0 amide bonds. The molecule has 7 aromatic carbocycles. The van der Waals surface area contributed by atoms with Gasteiger partial charge in [-0.2, -0.15) is 0 Å². The number of pyridine rings is 1. The third kappa shape index (κ3) is 8.42. The first-order chi connectivity index (χ1) is 31.0. The van der Waals surface area contributed by atoms with Crippen molar-refractivity contribution in [2.75, 3.05) is 0 Å². The van der Waals surface area contributed by atoms with Gasteiger partial charge in [0.2, 0.25) is 0 Å². The van der Waals surface area contributed by atoms with Crippen LogP contribution in [0, 0.1) is 6.07 Å². The Hall–Kier alpha value is -6.35. The topological polar surface area (TPSA) is 50.9 Å². The van der Waals surface area contributed by atoms with E-state index in [1.165, 1.54) is 16.7 Å². The molecule has 1 N–H and O–H groups in total. The molecule has 326 valence electrons. The predicted molar refractivity (Wildman–Crippen MR) is 265 cm³/mol. The van der Waals surface area contributed by atoms with Gasteiger partial charge in [0.05, 0.1) is 16.6 Å². The molecule has 1 aliphatic rings. The van der Waals surface area contributed by atoms with Crippen LogP contribution in [-0.4, -0.2) is 19.6 Å². The fraction of sp³-hybridized carbons (Fsp3) is 0.200. The summed E-state index contributed by atoms with van der Waals surface area (Å²) in [6, 6.07) is 65.6. The van der Waals surface area contributed by atoms with Crippen LogP contribution in [-0.2, 0) is 37.3 Å². The molecule has 1 saturated carbocycles. The third-order valence-corrected chi connectivity index (χ3v) is 14.0. The van der Waals surface area contributed by atoms with E-state index in [0.717, 1.165) is 87.0 Å². The Morgan fingerprint density at radius 2 is 1.11 bits per heavy atom. The second-order valence-corrected chi connectivity index (χ2v) is 19.3. The van der Waals surface area contributed by atoms with Crippen LogP contribution in [0.3, 0.4) is 0 Å². The molecule has 4 nitrogen and oxygen atoms in total. The molecule has 0 spiro atoms. The number of phenolic OH excluding ortho intramolecular Hbond substituents is 1. The molecule has 2 aromatic heterocycles. The Bertz CT molecular complexity index is 3110. The predicted octanol–water partition coefficient (Wildman–Crippen LogP) is 15.3. The number of aromatic nitrogens is 3. The van der Waals surface area contributed by atoms with Crippen LogP contribution in [0.1, 0.15) is 77.0 Å². The van der Waals surface area contributed by atoms with Gasteiger partial charge in [0.15, 0.2) is 0 Å². The van der Waals surface area contributed by atoms with Crippen molar-refractivity contribution < 1.29 is 26.2 Å². The van der Waals surface area contributed by atoms with E-state index < -0.39 is 0 Å². The van der Waals surface area contributed by atoms with Gasteiger partial charge in [0.1, 0.15) is 11.6 Å². The van der Waals surface area contributed by atoms with Crippen LogP contribution in [0.5, 0.6) is 5.75 Å². The summed E-state index contributed by atoms with van der Waals surface area (Å²) in [7, 11) is 0. The zero-order valence-corrected chi connectivity index (χ0v) is 40.0. The molecule has 0 aliphatic heterocycles. The van der Waals surface area contributed by atoms with Crippen molar-refractivity contribution in [1.29, 1.82) is 0 Å². The van der Waals surface area contributed by atoms with Gasteiger partial charge in [-0.3, -0.25) is 9.55 Å². The van der Waals surface area contributed by atoms with Gasteiger partial charge in [0.25, 0.3) is 0 Å². The molecule has 10 rings (SSSR count). The minimum Gasteiger partial charge on any atom is -0.507 e. The van der Waals surface area contributed by atoms with Gasteiger partial charge in [0, 0.05) is 44.2 Å². The summed E-state index contributed by atoms with van der Waals surface area (Å²) in [4.78, 5) is 10.4. The molecule has 1 aliphatic carbocycles. The molecule has 9 aromatic rings. The van der Waals surface area contributed by atoms with Crippen LogP contribution < -0.4 is 0 Å². The maximum Gasteiger partial charge on any atom is 0.148 e. The second kappa shape index (κ2) is 17.6. The maximum atomic E-state index is 12.2. The summed E-state index contributed by atoms with van der Waals surface area (Å²) < 4.78 is 2.22. The van der Waals surface area contributed by atoms with E-state index in [1.54, 1.807) is 0 Å². The summed E-state index contributed by atoms with van der Waals surface area (Å²) in [6.07, 6.45) is 6.43. The van der Waals surface area contributed by atoms with Crippen molar-refractivity contribution in [3.8, 4) is 67.5 Å². The molecule has 0 saturated heterocycles. The first-order valence-corrected chi connectivity index (χ1v) is 22.6. The minimum atomic E-state index is -0.144. The number of imidazole rings is 1. The normalized spacial score (nSPS) is 17.4. The Labute approximate surface area is 398 Å². The minimum absolute atomic E-state index is 0. The van der Waals surface area contributed by atoms with Crippen LogP contribution in [0.2, 0.25) is 0 Å². The van der Waals surface area contributed by atoms with Crippen LogP contribution in [0.15, 0.2) is 182 Å². The largest absolute Gasteiger partial charge is 0.507 e. The van der Waals surface area contributed by atoms with Gasteiger partial charge < -0.3 is 5.11 Å². The van der Waals surface area contributed by atoms with Gasteiger partial charge >= 0.3 is 0 Å². The number of benzene rings is 7. The zero-order chi connectivity index (χ0) is 44.1. The van der Waals surface area contributed by atoms with Gasteiger partial charge in [-0.15, -0.1) is 29.3 Å². The SMILES string of the molecule is CC(C)(C)c1cc(-c2cc(-c3ccccc3)ccn2)[c-]c(-c2cccc3c2nc(-c2cccc(-c4ccccc4)c2O)n3-c2ccc(C3(C)CCC(C)(c4ccccc4)CC3)cc2)c1.[Pt]. The number of hydrogen-bond acceptors (Lipinski definition) is 3. The monoisotopic (exact) mass is 1030 g/mol. The average molecular weight is 1030 g/mol. The van der Waals surface area contributed by atoms with Crippen molar-refractivity contribution in [2.45, 2.75) is 76.5 Å². The summed E-state index contributed by atoms with van der Waals surface area (Å²) in [5.41, 5.74) is 15.2. The average Bonchev–Trinajstić information content (AvgIpc) is 3.73. The van der Waals surface area contributed by atoms with Crippen LogP contribution >= 0.6 is 0 Å². The van der Waals surface area contributed by atoms with Gasteiger partial charge in [-0.1, -0.05) is 179 Å². The molecule has 2 heterocycles. The molecule has 65 heavy (non-hydrogen) atoms.